The number of piperazine rings is 1. The molecule has 6 heteroatoms. The minimum absolute atomic E-state index is 0.168. The second-order valence-electron chi connectivity index (χ2n) is 8.95. The Hall–Kier alpha value is -3.90. The summed E-state index contributed by atoms with van der Waals surface area (Å²) in [5, 5.41) is 14.8. The van der Waals surface area contributed by atoms with Crippen LogP contribution in [0.4, 0.5) is 11.4 Å². The van der Waals surface area contributed by atoms with E-state index < -0.39 is 0 Å². The molecule has 2 aliphatic rings. The number of aromatic amines is 1. The van der Waals surface area contributed by atoms with Crippen molar-refractivity contribution >= 4 is 40.3 Å². The molecule has 6 nitrogen and oxygen atoms in total. The van der Waals surface area contributed by atoms with E-state index in [1.54, 1.807) is 0 Å². The Morgan fingerprint density at radius 3 is 2.34 bits per heavy atom. The van der Waals surface area contributed by atoms with Gasteiger partial charge in [0.1, 0.15) is 0 Å². The number of fused-ring (bicyclic) bond motifs is 1. The Kier molecular flexibility index (Phi) is 7.20. The molecule has 1 aromatic heterocycles. The highest BCUT2D eigenvalue weighted by molar-refractivity contribution is 5.94. The Balaban J connectivity index is 0.000000178. The summed E-state index contributed by atoms with van der Waals surface area (Å²) in [7, 11) is 0. The van der Waals surface area contributed by atoms with Gasteiger partial charge in [-0.05, 0) is 54.8 Å². The van der Waals surface area contributed by atoms with Crippen LogP contribution in [0.25, 0.3) is 23.1 Å². The topological polar surface area (TPSA) is 73.0 Å². The van der Waals surface area contributed by atoms with Gasteiger partial charge in [-0.2, -0.15) is 5.10 Å². The van der Waals surface area contributed by atoms with Crippen LogP contribution < -0.4 is 15.5 Å². The summed E-state index contributed by atoms with van der Waals surface area (Å²) in [6.07, 6.45) is 6.29. The molecule has 1 amide bonds. The van der Waals surface area contributed by atoms with E-state index in [1.807, 2.05) is 48.5 Å². The molecule has 35 heavy (non-hydrogen) atoms. The first-order valence-electron chi connectivity index (χ1n) is 12.3. The number of carbonyl (C=O) groups excluding carboxylic acids is 1. The summed E-state index contributed by atoms with van der Waals surface area (Å²) in [6.45, 7) is 4.28. The Labute approximate surface area is 206 Å². The highest BCUT2D eigenvalue weighted by atomic mass is 16.2. The Morgan fingerprint density at radius 2 is 1.60 bits per heavy atom. The molecule has 2 fully saturated rings. The van der Waals surface area contributed by atoms with E-state index in [1.165, 1.54) is 11.3 Å². The zero-order valence-corrected chi connectivity index (χ0v) is 19.8. The molecule has 1 saturated heterocycles. The van der Waals surface area contributed by atoms with Crippen LogP contribution >= 0.6 is 0 Å². The Bertz CT molecular complexity index is 1270. The number of nitrogens with zero attached hydrogens (tertiary/aromatic N) is 2. The van der Waals surface area contributed by atoms with Gasteiger partial charge in [0, 0.05) is 48.9 Å². The maximum Gasteiger partial charge on any atom is 0.227 e. The van der Waals surface area contributed by atoms with Crippen molar-refractivity contribution in [2.45, 2.75) is 12.8 Å². The van der Waals surface area contributed by atoms with E-state index in [0.717, 1.165) is 61.3 Å². The van der Waals surface area contributed by atoms with Gasteiger partial charge in [0.15, 0.2) is 0 Å². The normalized spacial score (nSPS) is 15.6. The van der Waals surface area contributed by atoms with Crippen LogP contribution in [0.1, 0.15) is 24.1 Å². The van der Waals surface area contributed by atoms with Crippen LogP contribution in [-0.4, -0.2) is 42.3 Å². The Morgan fingerprint density at radius 1 is 0.886 bits per heavy atom. The predicted octanol–water partition coefficient (Wildman–Crippen LogP) is 5.18. The number of hydrogen-bond donors (Lipinski definition) is 3. The third kappa shape index (κ3) is 6.16. The molecule has 6 rings (SSSR count). The van der Waals surface area contributed by atoms with Gasteiger partial charge in [-0.25, -0.2) is 0 Å². The fraction of sp³-hybridized carbons (Fsp3) is 0.241. The van der Waals surface area contributed by atoms with E-state index in [9.17, 15) is 4.79 Å². The molecule has 3 aromatic carbocycles. The maximum absolute atomic E-state index is 11.3. The van der Waals surface area contributed by atoms with Gasteiger partial charge in [0.2, 0.25) is 5.91 Å². The summed E-state index contributed by atoms with van der Waals surface area (Å²) in [6, 6.07) is 26.5. The second kappa shape index (κ2) is 11.0. The zero-order valence-electron chi connectivity index (χ0n) is 19.8. The number of amides is 1. The molecule has 3 N–H and O–H groups in total. The third-order valence-corrected chi connectivity index (χ3v) is 6.30. The second-order valence-corrected chi connectivity index (χ2v) is 8.95. The lowest BCUT2D eigenvalue weighted by Crippen LogP contribution is -2.43. The minimum Gasteiger partial charge on any atom is -0.369 e. The highest BCUT2D eigenvalue weighted by Crippen LogP contribution is 2.30. The first-order valence-corrected chi connectivity index (χ1v) is 12.3. The number of carbonyl (C=O) groups is 1. The third-order valence-electron chi connectivity index (χ3n) is 6.30. The van der Waals surface area contributed by atoms with Gasteiger partial charge >= 0.3 is 0 Å². The molecular weight excluding hydrogens is 434 g/mol. The largest absolute Gasteiger partial charge is 0.369 e. The van der Waals surface area contributed by atoms with Crippen molar-refractivity contribution in [2.75, 3.05) is 36.4 Å². The minimum atomic E-state index is 0.168. The van der Waals surface area contributed by atoms with Gasteiger partial charge in [0.05, 0.1) is 11.2 Å². The van der Waals surface area contributed by atoms with Crippen molar-refractivity contribution in [1.29, 1.82) is 0 Å². The fourth-order valence-electron chi connectivity index (χ4n) is 4.12. The van der Waals surface area contributed by atoms with E-state index >= 15 is 0 Å². The lowest BCUT2D eigenvalue weighted by molar-refractivity contribution is -0.117. The molecule has 178 valence electrons. The van der Waals surface area contributed by atoms with Crippen LogP contribution in [0.5, 0.6) is 0 Å². The van der Waals surface area contributed by atoms with Gasteiger partial charge in [0.25, 0.3) is 0 Å². The van der Waals surface area contributed by atoms with Gasteiger partial charge in [-0.1, -0.05) is 54.6 Å². The monoisotopic (exact) mass is 465 g/mol. The molecule has 1 aliphatic heterocycles. The molecule has 0 radical (unpaired) electrons. The zero-order chi connectivity index (χ0) is 23.9. The summed E-state index contributed by atoms with van der Waals surface area (Å²) >= 11 is 0. The molecule has 0 spiro atoms. The number of benzene rings is 3. The number of rotatable bonds is 5. The summed E-state index contributed by atoms with van der Waals surface area (Å²) in [5.74, 6) is 0.450. The SMILES string of the molecule is C(=C\c1n[nH]c2ccccc12)/c1ccc(N2CCNCC2)cc1.O=C(Nc1ccccc1)C1CC1. The van der Waals surface area contributed by atoms with E-state index in [-0.39, 0.29) is 11.8 Å². The van der Waals surface area contributed by atoms with Crippen molar-refractivity contribution in [2.24, 2.45) is 5.92 Å². The van der Waals surface area contributed by atoms with Crippen LogP contribution in [0.3, 0.4) is 0 Å². The number of anilines is 2. The summed E-state index contributed by atoms with van der Waals surface area (Å²) < 4.78 is 0. The number of hydrogen-bond acceptors (Lipinski definition) is 4. The summed E-state index contributed by atoms with van der Waals surface area (Å²) in [5.41, 5.74) is 5.44. The van der Waals surface area contributed by atoms with Crippen LogP contribution in [0.2, 0.25) is 0 Å². The average Bonchev–Trinajstić information content (AvgIpc) is 3.70. The van der Waals surface area contributed by atoms with Crippen LogP contribution in [0.15, 0.2) is 78.9 Å². The predicted molar refractivity (Wildman–Crippen MR) is 144 cm³/mol. The van der Waals surface area contributed by atoms with E-state index in [2.05, 4.69) is 68.2 Å². The number of aromatic nitrogens is 2. The van der Waals surface area contributed by atoms with Crippen molar-refractivity contribution in [1.82, 2.24) is 15.5 Å². The van der Waals surface area contributed by atoms with Crippen LogP contribution in [0, 0.1) is 5.92 Å². The van der Waals surface area contributed by atoms with Crippen molar-refractivity contribution in [3.63, 3.8) is 0 Å². The highest BCUT2D eigenvalue weighted by Gasteiger charge is 2.29. The molecule has 1 aliphatic carbocycles. The molecule has 0 unspecified atom stereocenters. The molecule has 0 bridgehead atoms. The molecule has 1 saturated carbocycles. The molecule has 2 heterocycles. The maximum atomic E-state index is 11.3. The fourth-order valence-corrected chi connectivity index (χ4v) is 4.12. The number of nitrogens with one attached hydrogen (secondary N) is 3. The number of H-pyrrole nitrogens is 1. The lowest BCUT2D eigenvalue weighted by atomic mass is 10.1. The first kappa shape index (κ1) is 22.9. The van der Waals surface area contributed by atoms with Crippen molar-refractivity contribution in [3.8, 4) is 0 Å². The van der Waals surface area contributed by atoms with Crippen molar-refractivity contribution < 1.29 is 4.79 Å². The average molecular weight is 466 g/mol. The lowest BCUT2D eigenvalue weighted by Gasteiger charge is -2.29. The van der Waals surface area contributed by atoms with Gasteiger partial charge < -0.3 is 15.5 Å². The smallest absolute Gasteiger partial charge is 0.227 e. The van der Waals surface area contributed by atoms with Crippen molar-refractivity contribution in [3.05, 3.63) is 90.1 Å². The number of para-hydroxylation sites is 2. The van der Waals surface area contributed by atoms with Gasteiger partial charge in [-0.3, -0.25) is 9.89 Å². The summed E-state index contributed by atoms with van der Waals surface area (Å²) in [4.78, 5) is 13.7. The standard InChI is InChI=1S/C19H20N4.C10H11NO/c1-2-4-18-17(3-1)19(22-21-18)10-7-15-5-8-16(9-6-15)23-13-11-20-12-14-23;12-10(8-6-7-8)11-9-4-2-1-3-5-9/h1-10,20H,11-14H2,(H,21,22);1-5,8H,6-7H2,(H,11,12)/b10-7+;. The van der Waals surface area contributed by atoms with Gasteiger partial charge in [-0.15, -0.1) is 0 Å². The molecular formula is C29H31N5O. The van der Waals surface area contributed by atoms with E-state index in [4.69, 9.17) is 0 Å². The quantitative estimate of drug-likeness (QED) is 0.380. The first-order chi connectivity index (χ1) is 17.3. The van der Waals surface area contributed by atoms with Crippen LogP contribution in [-0.2, 0) is 4.79 Å². The van der Waals surface area contributed by atoms with E-state index in [0.29, 0.717) is 0 Å². The molecule has 4 aromatic rings. The molecule has 0 atom stereocenters.